The highest BCUT2D eigenvalue weighted by molar-refractivity contribution is 5.42. The van der Waals surface area contributed by atoms with E-state index < -0.39 is 12.5 Å². The Morgan fingerprint density at radius 1 is 1.44 bits per heavy atom. The third-order valence-electron chi connectivity index (χ3n) is 2.29. The molecule has 1 unspecified atom stereocenters. The Balaban J connectivity index is 3.16. The van der Waals surface area contributed by atoms with Crippen molar-refractivity contribution in [2.24, 2.45) is 0 Å². The van der Waals surface area contributed by atoms with Crippen LogP contribution in [0.25, 0.3) is 0 Å². The van der Waals surface area contributed by atoms with E-state index in [1.807, 2.05) is 0 Å². The molecular formula is C11H15F2NO2. The average Bonchev–Trinajstić information content (AvgIpc) is 2.28. The van der Waals surface area contributed by atoms with Crippen LogP contribution in [0.15, 0.2) is 18.2 Å². The first-order chi connectivity index (χ1) is 7.61. The van der Waals surface area contributed by atoms with E-state index >= 15 is 0 Å². The number of hydrogen-bond acceptors (Lipinski definition) is 3. The fourth-order valence-electron chi connectivity index (χ4n) is 1.57. The molecule has 1 aromatic rings. The lowest BCUT2D eigenvalue weighted by molar-refractivity contribution is 0.132. The van der Waals surface area contributed by atoms with E-state index in [9.17, 15) is 13.9 Å². The zero-order chi connectivity index (χ0) is 12.1. The molecule has 16 heavy (non-hydrogen) atoms. The maximum absolute atomic E-state index is 12.9. The van der Waals surface area contributed by atoms with Crippen molar-refractivity contribution in [2.45, 2.75) is 12.5 Å². The molecule has 1 rings (SSSR count). The van der Waals surface area contributed by atoms with E-state index in [-0.39, 0.29) is 23.4 Å². The summed E-state index contributed by atoms with van der Waals surface area (Å²) in [7, 11) is 2.97. The van der Waals surface area contributed by atoms with Crippen molar-refractivity contribution < 1.29 is 18.6 Å². The molecule has 1 aromatic carbocycles. The van der Waals surface area contributed by atoms with Crippen molar-refractivity contribution in [1.82, 2.24) is 5.32 Å². The highest BCUT2D eigenvalue weighted by Crippen LogP contribution is 2.34. The molecule has 0 aliphatic rings. The first kappa shape index (κ1) is 12.9. The number of halogens is 2. The molecule has 0 amide bonds. The quantitative estimate of drug-likeness (QED) is 0.813. The van der Waals surface area contributed by atoms with Gasteiger partial charge in [0.15, 0.2) is 0 Å². The van der Waals surface area contributed by atoms with Gasteiger partial charge in [0.05, 0.1) is 18.8 Å². The first-order valence-corrected chi connectivity index (χ1v) is 4.89. The van der Waals surface area contributed by atoms with Crippen LogP contribution < -0.4 is 10.1 Å². The summed E-state index contributed by atoms with van der Waals surface area (Å²) in [6, 6.07) is 4.52. The largest absolute Gasteiger partial charge is 0.496 e. The van der Waals surface area contributed by atoms with E-state index in [2.05, 4.69) is 5.32 Å². The Bertz CT molecular complexity index is 345. The molecule has 0 spiro atoms. The van der Waals surface area contributed by atoms with Crippen LogP contribution in [-0.4, -0.2) is 25.8 Å². The maximum Gasteiger partial charge on any atom is 0.267 e. The van der Waals surface area contributed by atoms with Gasteiger partial charge in [-0.3, -0.25) is 0 Å². The predicted molar refractivity (Wildman–Crippen MR) is 56.8 cm³/mol. The zero-order valence-electron chi connectivity index (χ0n) is 9.21. The Hall–Kier alpha value is -1.20. The van der Waals surface area contributed by atoms with Crippen molar-refractivity contribution in [2.75, 3.05) is 20.7 Å². The van der Waals surface area contributed by atoms with Crippen LogP contribution in [0.5, 0.6) is 5.75 Å². The van der Waals surface area contributed by atoms with Gasteiger partial charge in [-0.05, 0) is 18.7 Å². The SMILES string of the molecule is CNCC(O)c1cccc(OC)c1C(F)F. The minimum absolute atomic E-state index is 0.0997. The zero-order valence-corrected chi connectivity index (χ0v) is 9.21. The minimum atomic E-state index is -2.67. The third kappa shape index (κ3) is 2.68. The lowest BCUT2D eigenvalue weighted by Crippen LogP contribution is -2.18. The van der Waals surface area contributed by atoms with Crippen LogP contribution in [0.1, 0.15) is 23.7 Å². The molecule has 0 radical (unpaired) electrons. The molecule has 0 fully saturated rings. The molecule has 5 heteroatoms. The van der Waals surface area contributed by atoms with Gasteiger partial charge in [0.25, 0.3) is 6.43 Å². The molecule has 0 heterocycles. The van der Waals surface area contributed by atoms with Gasteiger partial charge in [-0.1, -0.05) is 12.1 Å². The van der Waals surface area contributed by atoms with Gasteiger partial charge in [-0.15, -0.1) is 0 Å². The standard InChI is InChI=1S/C11H15F2NO2/c1-14-6-8(15)7-4-3-5-9(16-2)10(7)11(12)13/h3-5,8,11,14-15H,6H2,1-2H3. The summed E-state index contributed by atoms with van der Waals surface area (Å²) < 4.78 is 30.6. The summed E-state index contributed by atoms with van der Waals surface area (Å²) in [5, 5.41) is 12.5. The maximum atomic E-state index is 12.9. The normalized spacial score (nSPS) is 12.9. The van der Waals surface area contributed by atoms with Gasteiger partial charge in [0.1, 0.15) is 5.75 Å². The molecule has 0 bridgehead atoms. The number of benzene rings is 1. The Morgan fingerprint density at radius 3 is 2.62 bits per heavy atom. The topological polar surface area (TPSA) is 41.5 Å². The van der Waals surface area contributed by atoms with Crippen LogP contribution in [0.3, 0.4) is 0 Å². The van der Waals surface area contributed by atoms with Crippen LogP contribution in [0.2, 0.25) is 0 Å². The van der Waals surface area contributed by atoms with Gasteiger partial charge >= 0.3 is 0 Å². The summed E-state index contributed by atoms with van der Waals surface area (Å²) in [6.07, 6.45) is -3.64. The van der Waals surface area contributed by atoms with Gasteiger partial charge in [0, 0.05) is 6.54 Å². The Kier molecular flexibility index (Phi) is 4.64. The molecule has 3 nitrogen and oxygen atoms in total. The molecule has 0 saturated carbocycles. The molecule has 0 aliphatic heterocycles. The fourth-order valence-corrected chi connectivity index (χ4v) is 1.57. The molecule has 90 valence electrons. The van der Waals surface area contributed by atoms with Crippen molar-refractivity contribution >= 4 is 0 Å². The van der Waals surface area contributed by atoms with Gasteiger partial charge < -0.3 is 15.2 Å². The predicted octanol–water partition coefficient (Wildman–Crippen LogP) is 1.89. The summed E-state index contributed by atoms with van der Waals surface area (Å²) >= 11 is 0. The van der Waals surface area contributed by atoms with E-state index in [1.165, 1.54) is 19.2 Å². The second-order valence-corrected chi connectivity index (χ2v) is 3.34. The Labute approximate surface area is 93.0 Å². The van der Waals surface area contributed by atoms with Crippen molar-refractivity contribution in [3.05, 3.63) is 29.3 Å². The van der Waals surface area contributed by atoms with Crippen LogP contribution in [0.4, 0.5) is 8.78 Å². The van der Waals surface area contributed by atoms with Crippen LogP contribution in [-0.2, 0) is 0 Å². The number of likely N-dealkylation sites (N-methyl/N-ethyl adjacent to an activating group) is 1. The summed E-state index contributed by atoms with van der Waals surface area (Å²) in [6.45, 7) is 0.215. The van der Waals surface area contributed by atoms with Gasteiger partial charge in [-0.25, -0.2) is 8.78 Å². The minimum Gasteiger partial charge on any atom is -0.496 e. The number of alkyl halides is 2. The lowest BCUT2D eigenvalue weighted by Gasteiger charge is -2.17. The highest BCUT2D eigenvalue weighted by atomic mass is 19.3. The number of rotatable bonds is 5. The third-order valence-corrected chi connectivity index (χ3v) is 2.29. The summed E-state index contributed by atoms with van der Waals surface area (Å²) in [4.78, 5) is 0. The molecule has 1 atom stereocenters. The number of ether oxygens (including phenoxy) is 1. The second kappa shape index (κ2) is 5.77. The molecule has 0 aromatic heterocycles. The van der Waals surface area contributed by atoms with Crippen LogP contribution in [0, 0.1) is 0 Å². The molecule has 2 N–H and O–H groups in total. The first-order valence-electron chi connectivity index (χ1n) is 4.89. The lowest BCUT2D eigenvalue weighted by atomic mass is 10.0. The van der Waals surface area contributed by atoms with Gasteiger partial charge in [0.2, 0.25) is 0 Å². The van der Waals surface area contributed by atoms with E-state index in [0.717, 1.165) is 0 Å². The van der Waals surface area contributed by atoms with E-state index in [4.69, 9.17) is 4.74 Å². The van der Waals surface area contributed by atoms with Gasteiger partial charge in [-0.2, -0.15) is 0 Å². The average molecular weight is 231 g/mol. The molecule has 0 saturated heterocycles. The number of methoxy groups -OCH3 is 1. The number of aliphatic hydroxyl groups excluding tert-OH is 1. The smallest absolute Gasteiger partial charge is 0.267 e. The fraction of sp³-hybridized carbons (Fsp3) is 0.455. The number of aliphatic hydroxyl groups is 1. The monoisotopic (exact) mass is 231 g/mol. The van der Waals surface area contributed by atoms with E-state index in [1.54, 1.807) is 13.1 Å². The van der Waals surface area contributed by atoms with Crippen LogP contribution >= 0.6 is 0 Å². The van der Waals surface area contributed by atoms with Crippen molar-refractivity contribution in [3.63, 3.8) is 0 Å². The number of nitrogens with one attached hydrogen (secondary N) is 1. The number of hydrogen-bond donors (Lipinski definition) is 2. The Morgan fingerprint density at radius 2 is 2.12 bits per heavy atom. The highest BCUT2D eigenvalue weighted by Gasteiger charge is 2.22. The summed E-state index contributed by atoms with van der Waals surface area (Å²) in [5.41, 5.74) is -0.0450. The second-order valence-electron chi connectivity index (χ2n) is 3.34. The van der Waals surface area contributed by atoms with E-state index in [0.29, 0.717) is 0 Å². The molecule has 0 aliphatic carbocycles. The van der Waals surface area contributed by atoms with Crippen molar-refractivity contribution in [1.29, 1.82) is 0 Å². The van der Waals surface area contributed by atoms with Crippen molar-refractivity contribution in [3.8, 4) is 5.75 Å². The molecular weight excluding hydrogens is 216 g/mol. The summed E-state index contributed by atoms with van der Waals surface area (Å²) in [5.74, 6) is 0.0997.